The Bertz CT molecular complexity index is 1170. The van der Waals surface area contributed by atoms with Crippen LogP contribution in [0.5, 0.6) is 0 Å². The second kappa shape index (κ2) is 9.41. The number of fused-ring (bicyclic) bond motifs is 1. The van der Waals surface area contributed by atoms with Crippen LogP contribution in [0.2, 0.25) is 0 Å². The third-order valence-corrected chi connectivity index (χ3v) is 5.39. The molecule has 0 saturated heterocycles. The summed E-state index contributed by atoms with van der Waals surface area (Å²) in [7, 11) is 0. The third-order valence-electron chi connectivity index (χ3n) is 5.39. The van der Waals surface area contributed by atoms with E-state index >= 15 is 0 Å². The molecule has 1 aliphatic heterocycles. The van der Waals surface area contributed by atoms with Crippen molar-refractivity contribution in [2.24, 2.45) is 38.6 Å². The molecule has 4 atom stereocenters. The van der Waals surface area contributed by atoms with E-state index in [9.17, 15) is 21.0 Å². The summed E-state index contributed by atoms with van der Waals surface area (Å²) in [6.45, 7) is 7.21. The van der Waals surface area contributed by atoms with Gasteiger partial charge in [-0.2, -0.15) is 26.3 Å². The van der Waals surface area contributed by atoms with E-state index in [0.717, 1.165) is 0 Å². The molecule has 9 nitrogen and oxygen atoms in total. The smallest absolute Gasteiger partial charge is 0.176 e. The summed E-state index contributed by atoms with van der Waals surface area (Å²) in [5.74, 6) is -1.89. The van der Waals surface area contributed by atoms with Crippen molar-refractivity contribution in [1.82, 2.24) is 0 Å². The quantitative estimate of drug-likeness (QED) is 0.699. The third kappa shape index (κ3) is 3.89. The molecule has 1 aliphatic carbocycles. The number of nitrogens with one attached hydrogen (secondary N) is 1. The minimum atomic E-state index is -0.659. The maximum absolute atomic E-state index is 10.0. The number of allylic oxidation sites excluding steroid dienone is 2. The summed E-state index contributed by atoms with van der Waals surface area (Å²) >= 11 is 0. The highest BCUT2D eigenvalue weighted by Crippen LogP contribution is 2.49. The molecule has 0 bridgehead atoms. The van der Waals surface area contributed by atoms with E-state index in [1.807, 2.05) is 26.0 Å². The molecule has 0 aromatic carbocycles. The SMILES string of the molecule is C/C=N\C1C2C(C)=C(C#N)C(C#N)=NC2=C(/N=C(/C#N)C(=N)C#N)C(C(C)C)C1C#N. The zero-order valence-corrected chi connectivity index (χ0v) is 17.5. The normalized spacial score (nSPS) is 25.7. The fourth-order valence-corrected chi connectivity index (χ4v) is 4.09. The molecule has 0 aromatic heterocycles. The Kier molecular flexibility index (Phi) is 6.95. The van der Waals surface area contributed by atoms with Crippen molar-refractivity contribution in [2.75, 3.05) is 0 Å². The lowest BCUT2D eigenvalue weighted by Gasteiger charge is -2.42. The molecule has 4 unspecified atom stereocenters. The summed E-state index contributed by atoms with van der Waals surface area (Å²) in [5.41, 5.74) is 0.198. The maximum Gasteiger partial charge on any atom is 0.176 e. The summed E-state index contributed by atoms with van der Waals surface area (Å²) in [5, 5.41) is 55.4. The molecular weight excluding hydrogens is 390 g/mol. The summed E-state index contributed by atoms with van der Waals surface area (Å²) in [6.07, 6.45) is 1.59. The van der Waals surface area contributed by atoms with Gasteiger partial charge in [-0.3, -0.25) is 10.4 Å². The number of nitrogens with zero attached hydrogens (tertiary/aromatic N) is 8. The summed E-state index contributed by atoms with van der Waals surface area (Å²) < 4.78 is 0. The molecular formula is C22H19N9. The van der Waals surface area contributed by atoms with Gasteiger partial charge in [0.2, 0.25) is 0 Å². The first-order chi connectivity index (χ1) is 14.8. The van der Waals surface area contributed by atoms with Crippen molar-refractivity contribution in [3.05, 3.63) is 22.5 Å². The van der Waals surface area contributed by atoms with E-state index in [1.54, 1.807) is 32.2 Å². The van der Waals surface area contributed by atoms with Crippen molar-refractivity contribution in [2.45, 2.75) is 33.7 Å². The number of nitriles is 5. The van der Waals surface area contributed by atoms with Crippen LogP contribution in [0.4, 0.5) is 0 Å². The van der Waals surface area contributed by atoms with Gasteiger partial charge in [-0.25, -0.2) is 9.98 Å². The molecule has 0 radical (unpaired) electrons. The molecule has 0 spiro atoms. The van der Waals surface area contributed by atoms with Gasteiger partial charge in [-0.1, -0.05) is 13.8 Å². The second-order valence-electron chi connectivity index (χ2n) is 7.37. The Morgan fingerprint density at radius 1 is 1.13 bits per heavy atom. The van der Waals surface area contributed by atoms with Crippen LogP contribution in [0.3, 0.4) is 0 Å². The van der Waals surface area contributed by atoms with Crippen LogP contribution in [0.25, 0.3) is 0 Å². The average Bonchev–Trinajstić information content (AvgIpc) is 2.76. The van der Waals surface area contributed by atoms with Crippen LogP contribution in [0, 0.1) is 85.7 Å². The van der Waals surface area contributed by atoms with Gasteiger partial charge in [-0.05, 0) is 31.6 Å². The van der Waals surface area contributed by atoms with Crippen LogP contribution in [-0.2, 0) is 0 Å². The number of dihydropyridines is 1. The van der Waals surface area contributed by atoms with Gasteiger partial charge >= 0.3 is 0 Å². The largest absolute Gasteiger partial charge is 0.292 e. The van der Waals surface area contributed by atoms with E-state index in [1.165, 1.54) is 0 Å². The minimum Gasteiger partial charge on any atom is -0.292 e. The highest BCUT2D eigenvalue weighted by molar-refractivity contribution is 6.52. The standard InChI is InChI=1S/C22H19N9/c1-5-29-20-14(7-24)18(11(2)3)21(31-17(10-27)15(28)8-25)22-19(20)12(4)13(6-23)16(9-26)30-22/h5,11,14,18-20,28H,1-4H3/b28-15?,29-5-,31-17-. The lowest BCUT2D eigenvalue weighted by Crippen LogP contribution is -2.43. The van der Waals surface area contributed by atoms with Crippen molar-refractivity contribution < 1.29 is 0 Å². The number of aliphatic imine (C=N–C) groups is 3. The van der Waals surface area contributed by atoms with E-state index in [0.29, 0.717) is 11.3 Å². The van der Waals surface area contributed by atoms with Gasteiger partial charge in [-0.15, -0.1) is 0 Å². The molecule has 9 heteroatoms. The molecule has 0 saturated carbocycles. The topological polar surface area (TPSA) is 180 Å². The molecule has 0 amide bonds. The van der Waals surface area contributed by atoms with Crippen LogP contribution >= 0.6 is 0 Å². The first-order valence-corrected chi connectivity index (χ1v) is 9.50. The number of hydrogen-bond donors (Lipinski definition) is 1. The van der Waals surface area contributed by atoms with E-state index < -0.39 is 35.2 Å². The zero-order chi connectivity index (χ0) is 23.3. The van der Waals surface area contributed by atoms with Gasteiger partial charge in [0.25, 0.3) is 0 Å². The Balaban J connectivity index is 3.04. The molecule has 0 aromatic rings. The second-order valence-corrected chi connectivity index (χ2v) is 7.37. The Morgan fingerprint density at radius 2 is 1.81 bits per heavy atom. The number of rotatable bonds is 4. The predicted octanol–water partition coefficient (Wildman–Crippen LogP) is 3.03. The van der Waals surface area contributed by atoms with Gasteiger partial charge in [0.1, 0.15) is 24.3 Å². The van der Waals surface area contributed by atoms with Crippen molar-refractivity contribution in [3.63, 3.8) is 0 Å². The maximum atomic E-state index is 10.0. The molecule has 31 heavy (non-hydrogen) atoms. The van der Waals surface area contributed by atoms with Crippen LogP contribution in [0.1, 0.15) is 27.7 Å². The van der Waals surface area contributed by atoms with Gasteiger partial charge in [0.05, 0.1) is 35.0 Å². The van der Waals surface area contributed by atoms with Gasteiger partial charge in [0, 0.05) is 11.8 Å². The lowest BCUT2D eigenvalue weighted by molar-refractivity contribution is 0.255. The van der Waals surface area contributed by atoms with E-state index in [-0.39, 0.29) is 22.9 Å². The molecule has 2 rings (SSSR count). The Morgan fingerprint density at radius 3 is 2.26 bits per heavy atom. The molecule has 0 fully saturated rings. The number of hydrogen-bond acceptors (Lipinski definition) is 9. The average molecular weight is 409 g/mol. The summed E-state index contributed by atoms with van der Waals surface area (Å²) in [6, 6.07) is 9.05. The zero-order valence-electron chi connectivity index (χ0n) is 17.5. The lowest BCUT2D eigenvalue weighted by atomic mass is 9.65. The molecule has 152 valence electrons. The fraction of sp³-hybridized carbons (Fsp3) is 0.409. The van der Waals surface area contributed by atoms with E-state index in [2.05, 4.69) is 21.0 Å². The van der Waals surface area contributed by atoms with Crippen LogP contribution < -0.4 is 0 Å². The van der Waals surface area contributed by atoms with Crippen molar-refractivity contribution in [3.8, 4) is 30.3 Å². The van der Waals surface area contributed by atoms with E-state index in [4.69, 9.17) is 10.7 Å². The van der Waals surface area contributed by atoms with Crippen LogP contribution in [0.15, 0.2) is 37.5 Å². The minimum absolute atomic E-state index is 0.0787. The van der Waals surface area contributed by atoms with Gasteiger partial charge < -0.3 is 0 Å². The highest BCUT2D eigenvalue weighted by atomic mass is 14.9. The van der Waals surface area contributed by atoms with Crippen molar-refractivity contribution in [1.29, 1.82) is 31.7 Å². The fourth-order valence-electron chi connectivity index (χ4n) is 4.09. The van der Waals surface area contributed by atoms with Gasteiger partial charge in [0.15, 0.2) is 17.1 Å². The highest BCUT2D eigenvalue weighted by Gasteiger charge is 2.49. The van der Waals surface area contributed by atoms with Crippen LogP contribution in [-0.4, -0.2) is 29.4 Å². The van der Waals surface area contributed by atoms with Crippen molar-refractivity contribution >= 4 is 23.3 Å². The Hall–Kier alpha value is -4.39. The monoisotopic (exact) mass is 409 g/mol. The summed E-state index contributed by atoms with van der Waals surface area (Å²) in [4.78, 5) is 13.3. The molecule has 1 heterocycles. The molecule has 2 aliphatic rings. The Labute approximate surface area is 180 Å². The first-order valence-electron chi connectivity index (χ1n) is 9.50. The predicted molar refractivity (Wildman–Crippen MR) is 114 cm³/mol. The molecule has 1 N–H and O–H groups in total. The first kappa shape index (κ1) is 22.9.